The van der Waals surface area contributed by atoms with Gasteiger partial charge in [-0.15, -0.1) is 0 Å². The highest BCUT2D eigenvalue weighted by Crippen LogP contribution is 2.56. The Bertz CT molecular complexity index is 1370. The minimum absolute atomic E-state index is 0.00503. The quantitative estimate of drug-likeness (QED) is 0.316. The summed E-state index contributed by atoms with van der Waals surface area (Å²) >= 11 is 6.11. The van der Waals surface area contributed by atoms with Crippen LogP contribution in [0.15, 0.2) is 48.5 Å². The Labute approximate surface area is 222 Å². The molecule has 5 rings (SSSR count). The Hall–Kier alpha value is -2.37. The number of aromatic hydroxyl groups is 1. The second-order valence-corrected chi connectivity index (χ2v) is 12.5. The van der Waals surface area contributed by atoms with E-state index in [1.165, 1.54) is 6.07 Å². The molecule has 1 fully saturated rings. The number of aryl methyl sites for hydroxylation is 2. The van der Waals surface area contributed by atoms with Crippen LogP contribution in [0.5, 0.6) is 11.5 Å². The number of ether oxygens (including phenoxy) is 1. The van der Waals surface area contributed by atoms with E-state index in [4.69, 9.17) is 25.4 Å². The molecule has 1 aliphatic carbocycles. The van der Waals surface area contributed by atoms with E-state index in [1.807, 2.05) is 51.1 Å². The van der Waals surface area contributed by atoms with Crippen LogP contribution < -0.4 is 4.74 Å². The Morgan fingerprint density at radius 3 is 2.76 bits per heavy atom. The minimum Gasteiger partial charge on any atom is -0.508 e. The van der Waals surface area contributed by atoms with Gasteiger partial charge in [-0.25, -0.2) is 4.39 Å². The molecule has 0 spiro atoms. The molecule has 3 aromatic carbocycles. The Balaban J connectivity index is 1.34. The summed E-state index contributed by atoms with van der Waals surface area (Å²) in [5.74, 6) is 0.178. The van der Waals surface area contributed by atoms with Crippen LogP contribution in [0.25, 0.3) is 0 Å². The first-order chi connectivity index (χ1) is 17.6. The molecule has 0 radical (unpaired) electrons. The molecule has 3 aromatic rings. The van der Waals surface area contributed by atoms with Gasteiger partial charge in [-0.3, -0.25) is 9.09 Å². The third kappa shape index (κ3) is 5.44. The first kappa shape index (κ1) is 26.2. The third-order valence-electron chi connectivity index (χ3n) is 7.21. The van der Waals surface area contributed by atoms with Gasteiger partial charge in [0, 0.05) is 23.4 Å². The van der Waals surface area contributed by atoms with E-state index < -0.39 is 13.4 Å². The summed E-state index contributed by atoms with van der Waals surface area (Å²) in [6, 6.07) is 14.2. The first-order valence-electron chi connectivity index (χ1n) is 12.6. The van der Waals surface area contributed by atoms with Crippen LogP contribution in [-0.2, 0) is 20.0 Å². The number of benzene rings is 3. The third-order valence-corrected chi connectivity index (χ3v) is 9.04. The van der Waals surface area contributed by atoms with Gasteiger partial charge in [0.2, 0.25) is 0 Å². The molecule has 37 heavy (non-hydrogen) atoms. The lowest BCUT2D eigenvalue weighted by Gasteiger charge is -2.30. The van der Waals surface area contributed by atoms with Gasteiger partial charge in [0.05, 0.1) is 12.7 Å². The van der Waals surface area contributed by atoms with Crippen LogP contribution >= 0.6 is 19.2 Å². The lowest BCUT2D eigenvalue weighted by atomic mass is 9.87. The van der Waals surface area contributed by atoms with Crippen molar-refractivity contribution in [3.8, 4) is 11.5 Å². The van der Waals surface area contributed by atoms with E-state index >= 15 is 0 Å². The lowest BCUT2D eigenvalue weighted by molar-refractivity contribution is 0.0725. The maximum atomic E-state index is 14.9. The van der Waals surface area contributed by atoms with Gasteiger partial charge in [-0.1, -0.05) is 37.6 Å². The zero-order chi connectivity index (χ0) is 26.3. The highest BCUT2D eigenvalue weighted by Gasteiger charge is 2.36. The van der Waals surface area contributed by atoms with Crippen molar-refractivity contribution >= 4 is 19.2 Å². The Kier molecular flexibility index (Phi) is 7.39. The van der Waals surface area contributed by atoms with Crippen molar-refractivity contribution < 1.29 is 27.8 Å². The molecule has 0 amide bonds. The number of halogens is 2. The van der Waals surface area contributed by atoms with Crippen molar-refractivity contribution in [2.75, 3.05) is 13.0 Å². The van der Waals surface area contributed by atoms with Crippen molar-refractivity contribution in [3.63, 3.8) is 0 Å². The Morgan fingerprint density at radius 1 is 1.19 bits per heavy atom. The van der Waals surface area contributed by atoms with E-state index in [0.717, 1.165) is 40.7 Å². The normalized spacial score (nSPS) is 23.3. The van der Waals surface area contributed by atoms with Crippen molar-refractivity contribution in [2.24, 2.45) is 0 Å². The van der Waals surface area contributed by atoms with Crippen LogP contribution in [-0.4, -0.2) is 18.1 Å². The van der Waals surface area contributed by atoms with Gasteiger partial charge in [-0.05, 0) is 89.4 Å². The molecule has 0 aromatic heterocycles. The molecule has 2 aliphatic rings. The highest BCUT2D eigenvalue weighted by molar-refractivity contribution is 7.53. The fourth-order valence-corrected chi connectivity index (χ4v) is 7.14. The maximum Gasteiger partial charge on any atom is 0.368 e. The van der Waals surface area contributed by atoms with E-state index in [2.05, 4.69) is 0 Å². The second kappa shape index (κ2) is 10.4. The molecule has 1 saturated heterocycles. The molecule has 0 saturated carbocycles. The highest BCUT2D eigenvalue weighted by atomic mass is 35.5. The van der Waals surface area contributed by atoms with Gasteiger partial charge in [-0.2, -0.15) is 0 Å². The monoisotopic (exact) mass is 544 g/mol. The molecular formula is C29H31ClFO5P. The van der Waals surface area contributed by atoms with Gasteiger partial charge < -0.3 is 14.4 Å². The number of hydrogen-bond acceptors (Lipinski definition) is 5. The van der Waals surface area contributed by atoms with Gasteiger partial charge >= 0.3 is 7.60 Å². The molecule has 5 nitrogen and oxygen atoms in total. The molecule has 3 atom stereocenters. The molecule has 0 bridgehead atoms. The number of phenolic OH excluding ortho intramolecular Hbond substituents is 1. The fraction of sp³-hybridized carbons (Fsp3) is 0.379. The standard InChI is InChI=1S/C29H31ClFO5P/c1-17(2)24-14-25(26(31)15-27(24)32)23-8-7-20-13-22(11-18(3)29(20)23)34-16-37(33)35-10-9-28(36-37)19-5-4-6-21(30)12-19/h4-6,11-15,17,23,28,32H,7-10,16H2,1-3H3/t23?,28-,37?/m0/s1. The average Bonchev–Trinajstić information content (AvgIpc) is 3.27. The predicted octanol–water partition coefficient (Wildman–Crippen LogP) is 8.40. The second-order valence-electron chi connectivity index (χ2n) is 10.1. The maximum absolute atomic E-state index is 14.9. The van der Waals surface area contributed by atoms with Crippen LogP contribution in [0.1, 0.15) is 78.0 Å². The summed E-state index contributed by atoms with van der Waals surface area (Å²) in [7, 11) is -3.48. The number of phenols is 1. The summed E-state index contributed by atoms with van der Waals surface area (Å²) in [4.78, 5) is 0. The van der Waals surface area contributed by atoms with Crippen LogP contribution in [0.4, 0.5) is 4.39 Å². The summed E-state index contributed by atoms with van der Waals surface area (Å²) in [5, 5.41) is 10.8. The zero-order valence-corrected chi connectivity index (χ0v) is 22.8. The molecular weight excluding hydrogens is 514 g/mol. The molecule has 2 unspecified atom stereocenters. The van der Waals surface area contributed by atoms with Crippen LogP contribution in [0.2, 0.25) is 5.02 Å². The zero-order valence-electron chi connectivity index (χ0n) is 21.2. The molecule has 1 heterocycles. The first-order valence-corrected chi connectivity index (χ1v) is 14.7. The summed E-state index contributed by atoms with van der Waals surface area (Å²) in [5.41, 5.74) is 5.36. The average molecular weight is 545 g/mol. The fourth-order valence-electron chi connectivity index (χ4n) is 5.44. The molecule has 196 valence electrons. The van der Waals surface area contributed by atoms with Gasteiger partial charge in [0.1, 0.15) is 17.3 Å². The summed E-state index contributed by atoms with van der Waals surface area (Å²) in [6.07, 6.45) is 1.55. The lowest BCUT2D eigenvalue weighted by Crippen LogP contribution is -2.17. The minimum atomic E-state index is -3.48. The summed E-state index contributed by atoms with van der Waals surface area (Å²) < 4.78 is 45.6. The predicted molar refractivity (Wildman–Crippen MR) is 142 cm³/mol. The van der Waals surface area contributed by atoms with Crippen LogP contribution in [0.3, 0.4) is 0 Å². The molecule has 1 aliphatic heterocycles. The largest absolute Gasteiger partial charge is 0.508 e. The molecule has 1 N–H and O–H groups in total. The Morgan fingerprint density at radius 2 is 2.00 bits per heavy atom. The topological polar surface area (TPSA) is 65.0 Å². The van der Waals surface area contributed by atoms with Gasteiger partial charge in [0.15, 0.2) is 6.35 Å². The SMILES string of the molecule is Cc1cc(OCP2(=O)OCC[C@@H](c3cccc(Cl)c3)O2)cc2c1C(c1cc(C(C)C)c(O)cc1F)CC2. The van der Waals surface area contributed by atoms with Crippen molar-refractivity contribution in [1.29, 1.82) is 0 Å². The van der Waals surface area contributed by atoms with Crippen molar-refractivity contribution in [1.82, 2.24) is 0 Å². The number of fused-ring (bicyclic) bond motifs is 1. The van der Waals surface area contributed by atoms with E-state index in [1.54, 1.807) is 12.1 Å². The van der Waals surface area contributed by atoms with Crippen molar-refractivity contribution in [3.05, 3.63) is 92.8 Å². The van der Waals surface area contributed by atoms with Crippen LogP contribution in [0, 0.1) is 12.7 Å². The van der Waals surface area contributed by atoms with Crippen molar-refractivity contribution in [2.45, 2.75) is 58.0 Å². The molecule has 8 heteroatoms. The summed E-state index contributed by atoms with van der Waals surface area (Å²) in [6.45, 7) is 6.25. The smallest absolute Gasteiger partial charge is 0.368 e. The number of rotatable bonds is 6. The number of hydrogen-bond donors (Lipinski definition) is 1. The van der Waals surface area contributed by atoms with Gasteiger partial charge in [0.25, 0.3) is 0 Å². The van der Waals surface area contributed by atoms with E-state index in [-0.39, 0.29) is 30.0 Å². The van der Waals surface area contributed by atoms with E-state index in [0.29, 0.717) is 29.4 Å². The van der Waals surface area contributed by atoms with E-state index in [9.17, 15) is 14.1 Å².